The van der Waals surface area contributed by atoms with Crippen LogP contribution in [0.4, 0.5) is 13.2 Å². The molecule has 2 aromatic rings. The molecule has 0 aliphatic rings. The molecule has 21 heavy (non-hydrogen) atoms. The van der Waals surface area contributed by atoms with Gasteiger partial charge in [-0.15, -0.1) is 15.0 Å². The first-order chi connectivity index (χ1) is 9.84. The molecule has 0 saturated carbocycles. The number of ether oxygens (including phenoxy) is 1. The van der Waals surface area contributed by atoms with Crippen molar-refractivity contribution >= 4 is 17.6 Å². The first-order valence-corrected chi connectivity index (χ1v) is 6.05. The van der Waals surface area contributed by atoms with Crippen molar-refractivity contribution in [1.29, 1.82) is 0 Å². The SMILES string of the molecule is CCOC(=O)c1nn(-c2ncccc2Cl)nc1C(F)(F)F. The van der Waals surface area contributed by atoms with Crippen molar-refractivity contribution in [3.05, 3.63) is 34.7 Å². The smallest absolute Gasteiger partial charge is 0.437 e. The topological polar surface area (TPSA) is 69.9 Å². The molecule has 0 bridgehead atoms. The summed E-state index contributed by atoms with van der Waals surface area (Å²) in [6.07, 6.45) is -3.55. The Kier molecular flexibility index (Phi) is 4.12. The summed E-state index contributed by atoms with van der Waals surface area (Å²) in [5, 5.41) is 6.78. The Labute approximate surface area is 121 Å². The Morgan fingerprint density at radius 1 is 1.43 bits per heavy atom. The number of carbonyl (C=O) groups is 1. The average molecular weight is 321 g/mol. The zero-order valence-corrected chi connectivity index (χ0v) is 11.3. The third-order valence-corrected chi connectivity index (χ3v) is 2.57. The van der Waals surface area contributed by atoms with E-state index in [4.69, 9.17) is 11.6 Å². The van der Waals surface area contributed by atoms with Crippen LogP contribution in [-0.2, 0) is 10.9 Å². The number of esters is 1. The maximum atomic E-state index is 12.9. The van der Waals surface area contributed by atoms with E-state index in [9.17, 15) is 18.0 Å². The molecule has 112 valence electrons. The number of hydrogen-bond donors (Lipinski definition) is 0. The molecule has 0 unspecified atom stereocenters. The van der Waals surface area contributed by atoms with E-state index in [2.05, 4.69) is 19.9 Å². The highest BCUT2D eigenvalue weighted by atomic mass is 35.5. The third-order valence-electron chi connectivity index (χ3n) is 2.28. The Bertz CT molecular complexity index is 672. The van der Waals surface area contributed by atoms with Crippen molar-refractivity contribution in [1.82, 2.24) is 20.0 Å². The van der Waals surface area contributed by atoms with Gasteiger partial charge in [0.25, 0.3) is 0 Å². The lowest BCUT2D eigenvalue weighted by Gasteiger charge is -2.03. The summed E-state index contributed by atoms with van der Waals surface area (Å²) in [5.74, 6) is -1.34. The third kappa shape index (κ3) is 3.13. The quantitative estimate of drug-likeness (QED) is 0.813. The van der Waals surface area contributed by atoms with Gasteiger partial charge in [0.05, 0.1) is 11.6 Å². The summed E-state index contributed by atoms with van der Waals surface area (Å²) in [6.45, 7) is 1.37. The highest BCUT2D eigenvalue weighted by Crippen LogP contribution is 2.30. The van der Waals surface area contributed by atoms with Crippen LogP contribution in [0.15, 0.2) is 18.3 Å². The minimum absolute atomic E-state index is 0.0385. The fourth-order valence-corrected chi connectivity index (χ4v) is 1.65. The summed E-state index contributed by atoms with van der Waals surface area (Å²) in [7, 11) is 0. The fourth-order valence-electron chi connectivity index (χ4n) is 1.45. The molecule has 6 nitrogen and oxygen atoms in total. The Balaban J connectivity index is 2.56. The zero-order valence-electron chi connectivity index (χ0n) is 10.6. The van der Waals surface area contributed by atoms with Gasteiger partial charge in [-0.1, -0.05) is 11.6 Å². The Hall–Kier alpha value is -2.16. The van der Waals surface area contributed by atoms with Gasteiger partial charge in [-0.2, -0.15) is 13.2 Å². The molecule has 0 aliphatic heterocycles. The van der Waals surface area contributed by atoms with Gasteiger partial charge in [0.2, 0.25) is 11.4 Å². The molecule has 2 rings (SSSR count). The van der Waals surface area contributed by atoms with E-state index in [1.165, 1.54) is 25.3 Å². The van der Waals surface area contributed by atoms with Gasteiger partial charge in [-0.05, 0) is 19.1 Å². The van der Waals surface area contributed by atoms with Crippen molar-refractivity contribution in [2.24, 2.45) is 0 Å². The molecular weight excluding hydrogens is 313 g/mol. The molecule has 0 aliphatic carbocycles. The molecule has 10 heteroatoms. The molecule has 0 aromatic carbocycles. The molecule has 2 heterocycles. The van der Waals surface area contributed by atoms with Gasteiger partial charge >= 0.3 is 12.1 Å². The van der Waals surface area contributed by atoms with Crippen LogP contribution in [0, 0.1) is 0 Å². The highest BCUT2D eigenvalue weighted by Gasteiger charge is 2.41. The molecule has 0 radical (unpaired) electrons. The van der Waals surface area contributed by atoms with Crippen LogP contribution in [0.3, 0.4) is 0 Å². The van der Waals surface area contributed by atoms with Gasteiger partial charge in [0.1, 0.15) is 0 Å². The van der Waals surface area contributed by atoms with E-state index < -0.39 is 23.5 Å². The van der Waals surface area contributed by atoms with Crippen LogP contribution >= 0.6 is 11.6 Å². The van der Waals surface area contributed by atoms with Gasteiger partial charge in [0.15, 0.2) is 5.82 Å². The predicted octanol–water partition coefficient (Wildman–Crippen LogP) is 2.51. The average Bonchev–Trinajstić information content (AvgIpc) is 2.84. The van der Waals surface area contributed by atoms with Crippen molar-refractivity contribution in [2.75, 3.05) is 6.61 Å². The maximum absolute atomic E-state index is 12.9. The summed E-state index contributed by atoms with van der Waals surface area (Å²) in [6, 6.07) is 2.90. The molecule has 0 spiro atoms. The fraction of sp³-hybridized carbons (Fsp3) is 0.273. The molecule has 0 fully saturated rings. The van der Waals surface area contributed by atoms with Crippen LogP contribution in [0.25, 0.3) is 5.82 Å². The predicted molar refractivity (Wildman–Crippen MR) is 65.1 cm³/mol. The van der Waals surface area contributed by atoms with Gasteiger partial charge in [0, 0.05) is 6.20 Å². The zero-order chi connectivity index (χ0) is 15.6. The van der Waals surface area contributed by atoms with Crippen molar-refractivity contribution in [3.63, 3.8) is 0 Å². The van der Waals surface area contributed by atoms with Crippen LogP contribution in [0.2, 0.25) is 5.02 Å². The van der Waals surface area contributed by atoms with Crippen molar-refractivity contribution in [3.8, 4) is 5.82 Å². The molecule has 0 saturated heterocycles. The lowest BCUT2D eigenvalue weighted by atomic mass is 10.3. The molecule has 0 amide bonds. The van der Waals surface area contributed by atoms with Crippen LogP contribution in [0.5, 0.6) is 0 Å². The number of nitrogens with zero attached hydrogens (tertiary/aromatic N) is 4. The van der Waals surface area contributed by atoms with Crippen molar-refractivity contribution in [2.45, 2.75) is 13.1 Å². The van der Waals surface area contributed by atoms with Crippen LogP contribution < -0.4 is 0 Å². The second-order valence-corrected chi connectivity index (χ2v) is 4.12. The number of carbonyl (C=O) groups excluding carboxylic acids is 1. The Morgan fingerprint density at radius 2 is 2.14 bits per heavy atom. The summed E-state index contributed by atoms with van der Waals surface area (Å²) in [4.78, 5) is 15.9. The van der Waals surface area contributed by atoms with Crippen LogP contribution in [0.1, 0.15) is 23.1 Å². The summed E-state index contributed by atoms with van der Waals surface area (Å²) < 4.78 is 43.2. The number of rotatable bonds is 3. The monoisotopic (exact) mass is 320 g/mol. The van der Waals surface area contributed by atoms with E-state index in [0.717, 1.165) is 0 Å². The molecular formula is C11H8ClF3N4O2. The molecule has 0 N–H and O–H groups in total. The largest absolute Gasteiger partial charge is 0.461 e. The second kappa shape index (κ2) is 5.68. The summed E-state index contributed by atoms with van der Waals surface area (Å²) in [5.41, 5.74) is -2.39. The van der Waals surface area contributed by atoms with Crippen LogP contribution in [-0.4, -0.2) is 32.6 Å². The highest BCUT2D eigenvalue weighted by molar-refractivity contribution is 6.32. The minimum Gasteiger partial charge on any atom is -0.461 e. The van der Waals surface area contributed by atoms with E-state index in [1.54, 1.807) is 0 Å². The first kappa shape index (κ1) is 15.2. The number of pyridine rings is 1. The lowest BCUT2D eigenvalue weighted by molar-refractivity contribution is -0.141. The maximum Gasteiger partial charge on any atom is 0.437 e. The standard InChI is InChI=1S/C11H8ClF3N4O2/c1-2-21-10(20)7-8(11(13,14)15)18-19(17-7)9-6(12)4-3-5-16-9/h3-5H,2H2,1H3. The molecule has 0 atom stereocenters. The number of halogens is 4. The van der Waals surface area contributed by atoms with E-state index in [0.29, 0.717) is 4.80 Å². The van der Waals surface area contributed by atoms with E-state index in [-0.39, 0.29) is 17.4 Å². The van der Waals surface area contributed by atoms with Gasteiger partial charge in [-0.3, -0.25) is 0 Å². The normalized spacial score (nSPS) is 11.5. The van der Waals surface area contributed by atoms with E-state index >= 15 is 0 Å². The number of aromatic nitrogens is 4. The lowest BCUT2D eigenvalue weighted by Crippen LogP contribution is -2.15. The second-order valence-electron chi connectivity index (χ2n) is 3.71. The Morgan fingerprint density at radius 3 is 2.71 bits per heavy atom. The van der Waals surface area contributed by atoms with E-state index in [1.807, 2.05) is 0 Å². The number of alkyl halides is 3. The summed E-state index contributed by atoms with van der Waals surface area (Å²) >= 11 is 5.81. The van der Waals surface area contributed by atoms with Gasteiger partial charge in [-0.25, -0.2) is 9.78 Å². The van der Waals surface area contributed by atoms with Crippen molar-refractivity contribution < 1.29 is 22.7 Å². The molecule has 2 aromatic heterocycles. The first-order valence-electron chi connectivity index (χ1n) is 5.67. The number of hydrogen-bond acceptors (Lipinski definition) is 5. The van der Waals surface area contributed by atoms with Gasteiger partial charge < -0.3 is 4.74 Å². The minimum atomic E-state index is -4.86.